The summed E-state index contributed by atoms with van der Waals surface area (Å²) in [5.74, 6) is 1.95. The lowest BCUT2D eigenvalue weighted by Crippen LogP contribution is -2.17. The first-order chi connectivity index (χ1) is 12.1. The van der Waals surface area contributed by atoms with Gasteiger partial charge in [0.15, 0.2) is 5.82 Å². The first-order valence-corrected chi connectivity index (χ1v) is 7.85. The van der Waals surface area contributed by atoms with E-state index in [1.165, 1.54) is 0 Å². The molecule has 0 unspecified atom stereocenters. The van der Waals surface area contributed by atoms with Gasteiger partial charge >= 0.3 is 0 Å². The zero-order chi connectivity index (χ0) is 17.6. The third-order valence-corrected chi connectivity index (χ3v) is 3.37. The van der Waals surface area contributed by atoms with E-state index in [1.807, 2.05) is 25.1 Å². The van der Waals surface area contributed by atoms with Crippen LogP contribution in [0.3, 0.4) is 0 Å². The van der Waals surface area contributed by atoms with Crippen molar-refractivity contribution in [3.05, 3.63) is 48.0 Å². The number of amides is 1. The number of carbonyl (C=O) groups excluding carboxylic acids is 1. The average molecular weight is 338 g/mol. The Bertz CT molecular complexity index is 877. The fourth-order valence-corrected chi connectivity index (χ4v) is 2.24. The van der Waals surface area contributed by atoms with Crippen LogP contribution in [0.15, 0.2) is 41.1 Å². The second-order valence-electron chi connectivity index (χ2n) is 5.44. The maximum Gasteiger partial charge on any atom is 0.261 e. The number of anilines is 2. The third-order valence-electron chi connectivity index (χ3n) is 3.37. The Morgan fingerprint density at radius 1 is 1.16 bits per heavy atom. The topological polar surface area (TPSA) is 106 Å². The van der Waals surface area contributed by atoms with Crippen molar-refractivity contribution in [2.75, 3.05) is 17.2 Å². The molecule has 3 aromatic heterocycles. The Kier molecular flexibility index (Phi) is 4.98. The van der Waals surface area contributed by atoms with Gasteiger partial charge in [0.1, 0.15) is 11.6 Å². The van der Waals surface area contributed by atoms with Crippen LogP contribution in [0.1, 0.15) is 17.9 Å². The highest BCUT2D eigenvalue weighted by Crippen LogP contribution is 2.24. The number of aryl methyl sites for hydroxylation is 2. The van der Waals surface area contributed by atoms with E-state index < -0.39 is 0 Å². The monoisotopic (exact) mass is 338 g/mol. The van der Waals surface area contributed by atoms with Crippen LogP contribution in [0.25, 0.3) is 11.5 Å². The molecule has 0 aliphatic rings. The Labute approximate surface area is 144 Å². The summed E-state index contributed by atoms with van der Waals surface area (Å²) in [4.78, 5) is 24.7. The van der Waals surface area contributed by atoms with Gasteiger partial charge < -0.3 is 15.2 Å². The van der Waals surface area contributed by atoms with Gasteiger partial charge in [0.25, 0.3) is 5.89 Å². The molecule has 0 bridgehead atoms. The van der Waals surface area contributed by atoms with Gasteiger partial charge in [-0.3, -0.25) is 4.79 Å². The molecule has 8 heteroatoms. The molecular formula is C17H18N6O2. The summed E-state index contributed by atoms with van der Waals surface area (Å²) in [5, 5.41) is 9.68. The molecule has 128 valence electrons. The first kappa shape index (κ1) is 16.6. The molecule has 0 spiro atoms. The molecule has 0 aromatic carbocycles. The van der Waals surface area contributed by atoms with E-state index in [0.29, 0.717) is 35.5 Å². The predicted octanol–water partition coefficient (Wildman–Crippen LogP) is 2.58. The van der Waals surface area contributed by atoms with Gasteiger partial charge in [0, 0.05) is 24.9 Å². The van der Waals surface area contributed by atoms with Gasteiger partial charge in [-0.2, -0.15) is 4.98 Å². The number of aromatic nitrogens is 4. The van der Waals surface area contributed by atoms with Crippen molar-refractivity contribution in [1.82, 2.24) is 20.1 Å². The lowest BCUT2D eigenvalue weighted by atomic mass is 10.2. The van der Waals surface area contributed by atoms with Gasteiger partial charge in [0.05, 0.1) is 5.56 Å². The van der Waals surface area contributed by atoms with E-state index in [9.17, 15) is 4.79 Å². The molecule has 0 saturated carbocycles. The van der Waals surface area contributed by atoms with E-state index >= 15 is 0 Å². The predicted molar refractivity (Wildman–Crippen MR) is 93.0 cm³/mol. The molecule has 2 N–H and O–H groups in total. The second-order valence-corrected chi connectivity index (χ2v) is 5.44. The summed E-state index contributed by atoms with van der Waals surface area (Å²) in [6.45, 7) is 4.04. The van der Waals surface area contributed by atoms with Crippen LogP contribution in [-0.4, -0.2) is 32.6 Å². The molecule has 0 atom stereocenters. The third kappa shape index (κ3) is 4.37. The molecule has 3 aromatic rings. The Hall–Kier alpha value is -3.29. The molecule has 3 heterocycles. The van der Waals surface area contributed by atoms with Crippen molar-refractivity contribution in [2.45, 2.75) is 20.3 Å². The number of carbonyl (C=O) groups is 1. The van der Waals surface area contributed by atoms with E-state index in [4.69, 9.17) is 4.52 Å². The molecule has 25 heavy (non-hydrogen) atoms. The molecule has 3 rings (SSSR count). The Balaban J connectivity index is 1.58. The van der Waals surface area contributed by atoms with E-state index in [0.717, 1.165) is 5.69 Å². The molecule has 0 aliphatic carbocycles. The van der Waals surface area contributed by atoms with Gasteiger partial charge in [0.2, 0.25) is 5.91 Å². The number of nitrogens with zero attached hydrogens (tertiary/aromatic N) is 4. The summed E-state index contributed by atoms with van der Waals surface area (Å²) in [7, 11) is 0. The average Bonchev–Trinajstić information content (AvgIpc) is 3.01. The maximum atomic E-state index is 12.0. The SMILES string of the molecule is Cc1cccc(NC(=O)CCNc2ncccc2-c2nc(C)no2)n1. The zero-order valence-corrected chi connectivity index (χ0v) is 14.0. The molecule has 0 aliphatic heterocycles. The van der Waals surface area contributed by atoms with Crippen LogP contribution >= 0.6 is 0 Å². The maximum absolute atomic E-state index is 12.0. The first-order valence-electron chi connectivity index (χ1n) is 7.85. The van der Waals surface area contributed by atoms with Gasteiger partial charge in [-0.15, -0.1) is 0 Å². The molecule has 0 fully saturated rings. The Morgan fingerprint density at radius 3 is 2.80 bits per heavy atom. The lowest BCUT2D eigenvalue weighted by Gasteiger charge is -2.09. The Morgan fingerprint density at radius 2 is 2.04 bits per heavy atom. The zero-order valence-electron chi connectivity index (χ0n) is 14.0. The number of pyridine rings is 2. The van der Waals surface area contributed by atoms with Crippen molar-refractivity contribution < 1.29 is 9.32 Å². The molecular weight excluding hydrogens is 320 g/mol. The van der Waals surface area contributed by atoms with E-state index in [2.05, 4.69) is 30.7 Å². The fourth-order valence-electron chi connectivity index (χ4n) is 2.24. The highest BCUT2D eigenvalue weighted by molar-refractivity contribution is 5.90. The highest BCUT2D eigenvalue weighted by atomic mass is 16.5. The van der Waals surface area contributed by atoms with Crippen LogP contribution in [0.4, 0.5) is 11.6 Å². The second kappa shape index (κ2) is 7.52. The normalized spacial score (nSPS) is 10.5. The van der Waals surface area contributed by atoms with Gasteiger partial charge in [-0.05, 0) is 38.1 Å². The number of hydrogen-bond donors (Lipinski definition) is 2. The molecule has 0 saturated heterocycles. The van der Waals surface area contributed by atoms with Crippen LogP contribution in [-0.2, 0) is 4.79 Å². The lowest BCUT2D eigenvalue weighted by molar-refractivity contribution is -0.116. The minimum absolute atomic E-state index is 0.128. The number of nitrogens with one attached hydrogen (secondary N) is 2. The summed E-state index contributed by atoms with van der Waals surface area (Å²) in [6.07, 6.45) is 1.93. The van der Waals surface area contributed by atoms with Crippen LogP contribution in [0.2, 0.25) is 0 Å². The smallest absolute Gasteiger partial charge is 0.261 e. The van der Waals surface area contributed by atoms with E-state index in [-0.39, 0.29) is 12.3 Å². The summed E-state index contributed by atoms with van der Waals surface area (Å²) in [6, 6.07) is 9.10. The largest absolute Gasteiger partial charge is 0.369 e. The molecule has 1 amide bonds. The van der Waals surface area contributed by atoms with Gasteiger partial charge in [-0.25, -0.2) is 9.97 Å². The summed E-state index contributed by atoms with van der Waals surface area (Å²) >= 11 is 0. The van der Waals surface area contributed by atoms with Crippen LogP contribution in [0, 0.1) is 13.8 Å². The van der Waals surface area contributed by atoms with E-state index in [1.54, 1.807) is 25.3 Å². The summed E-state index contributed by atoms with van der Waals surface area (Å²) in [5.41, 5.74) is 1.55. The van der Waals surface area contributed by atoms with Crippen LogP contribution < -0.4 is 10.6 Å². The van der Waals surface area contributed by atoms with Crippen molar-refractivity contribution >= 4 is 17.5 Å². The molecule has 8 nitrogen and oxygen atoms in total. The van der Waals surface area contributed by atoms with Crippen molar-refractivity contribution in [2.24, 2.45) is 0 Å². The van der Waals surface area contributed by atoms with Crippen molar-refractivity contribution in [3.63, 3.8) is 0 Å². The van der Waals surface area contributed by atoms with Crippen molar-refractivity contribution in [3.8, 4) is 11.5 Å². The minimum Gasteiger partial charge on any atom is -0.369 e. The fraction of sp³-hybridized carbons (Fsp3) is 0.235. The standard InChI is InChI=1S/C17H18N6O2/c1-11-5-3-7-14(20-11)22-15(24)8-10-19-16-13(6-4-9-18-16)17-21-12(2)23-25-17/h3-7,9H,8,10H2,1-2H3,(H,18,19)(H,20,22,24). The quantitative estimate of drug-likeness (QED) is 0.711. The van der Waals surface area contributed by atoms with Gasteiger partial charge in [-0.1, -0.05) is 11.2 Å². The minimum atomic E-state index is -0.128. The highest BCUT2D eigenvalue weighted by Gasteiger charge is 2.12. The molecule has 0 radical (unpaired) electrons. The summed E-state index contributed by atoms with van der Waals surface area (Å²) < 4.78 is 5.18. The number of hydrogen-bond acceptors (Lipinski definition) is 7. The number of rotatable bonds is 6. The van der Waals surface area contributed by atoms with Crippen molar-refractivity contribution in [1.29, 1.82) is 0 Å². The van der Waals surface area contributed by atoms with Crippen LogP contribution in [0.5, 0.6) is 0 Å².